The highest BCUT2D eigenvalue weighted by Crippen LogP contribution is 2.33. The van der Waals surface area contributed by atoms with E-state index in [9.17, 15) is 4.39 Å². The average molecular weight is 311 g/mol. The maximum absolute atomic E-state index is 14.0. The lowest BCUT2D eigenvalue weighted by Crippen LogP contribution is -1.99. The van der Waals surface area contributed by atoms with Gasteiger partial charge >= 0.3 is 0 Å². The summed E-state index contributed by atoms with van der Waals surface area (Å²) in [5.74, 6) is 0.165. The molecule has 1 unspecified atom stereocenters. The highest BCUT2D eigenvalue weighted by molar-refractivity contribution is 6.31. The van der Waals surface area contributed by atoms with Gasteiger partial charge in [-0.05, 0) is 29.5 Å². The third-order valence-electron chi connectivity index (χ3n) is 3.17. The van der Waals surface area contributed by atoms with Gasteiger partial charge in [0.2, 0.25) is 0 Å². The summed E-state index contributed by atoms with van der Waals surface area (Å²) in [6.07, 6.45) is 1.03. The zero-order valence-corrected chi connectivity index (χ0v) is 13.0. The SMILES string of the molecule is CC(C)Cc1ccc(C(Cl)c2cccc(Cl)c2F)cc1. The molecule has 0 amide bonds. The number of rotatable bonds is 4. The third-order valence-corrected chi connectivity index (χ3v) is 3.95. The lowest BCUT2D eigenvalue weighted by Gasteiger charge is -2.13. The van der Waals surface area contributed by atoms with E-state index in [1.54, 1.807) is 12.1 Å². The molecule has 0 bridgehead atoms. The molecule has 0 aromatic heterocycles. The fraction of sp³-hybridized carbons (Fsp3) is 0.294. The Morgan fingerprint density at radius 2 is 1.70 bits per heavy atom. The number of alkyl halides is 1. The van der Waals surface area contributed by atoms with E-state index in [2.05, 4.69) is 13.8 Å². The number of hydrogen-bond donors (Lipinski definition) is 0. The first kappa shape index (κ1) is 15.3. The Kier molecular flexibility index (Phi) is 5.06. The number of benzene rings is 2. The van der Waals surface area contributed by atoms with Crippen LogP contribution in [0.15, 0.2) is 42.5 Å². The average Bonchev–Trinajstić information content (AvgIpc) is 2.41. The number of hydrogen-bond acceptors (Lipinski definition) is 0. The predicted molar refractivity (Wildman–Crippen MR) is 84.1 cm³/mol. The Morgan fingerprint density at radius 1 is 1.05 bits per heavy atom. The first-order valence-electron chi connectivity index (χ1n) is 6.66. The first-order valence-corrected chi connectivity index (χ1v) is 7.47. The van der Waals surface area contributed by atoms with Crippen molar-refractivity contribution < 1.29 is 4.39 Å². The Bertz CT molecular complexity index is 576. The second-order valence-corrected chi connectivity index (χ2v) is 6.19. The van der Waals surface area contributed by atoms with Crippen molar-refractivity contribution in [3.63, 3.8) is 0 Å². The molecule has 0 aliphatic rings. The second-order valence-electron chi connectivity index (χ2n) is 5.35. The number of halogens is 3. The minimum Gasteiger partial charge on any atom is -0.205 e. The fourth-order valence-electron chi connectivity index (χ4n) is 2.19. The quantitative estimate of drug-likeness (QED) is 0.607. The van der Waals surface area contributed by atoms with Gasteiger partial charge in [-0.3, -0.25) is 0 Å². The van der Waals surface area contributed by atoms with Crippen LogP contribution in [0, 0.1) is 11.7 Å². The molecule has 2 aromatic carbocycles. The monoisotopic (exact) mass is 310 g/mol. The van der Waals surface area contributed by atoms with Crippen LogP contribution < -0.4 is 0 Å². The molecule has 0 aliphatic heterocycles. The molecule has 0 aliphatic carbocycles. The Morgan fingerprint density at radius 3 is 2.30 bits per heavy atom. The maximum Gasteiger partial charge on any atom is 0.146 e. The van der Waals surface area contributed by atoms with Gasteiger partial charge in [-0.25, -0.2) is 4.39 Å². The van der Waals surface area contributed by atoms with E-state index in [1.807, 2.05) is 24.3 Å². The van der Waals surface area contributed by atoms with E-state index < -0.39 is 11.2 Å². The molecule has 0 N–H and O–H groups in total. The van der Waals surface area contributed by atoms with Crippen molar-refractivity contribution >= 4 is 23.2 Å². The topological polar surface area (TPSA) is 0 Å². The summed E-state index contributed by atoms with van der Waals surface area (Å²) in [7, 11) is 0. The van der Waals surface area contributed by atoms with E-state index in [0.717, 1.165) is 12.0 Å². The van der Waals surface area contributed by atoms with E-state index in [4.69, 9.17) is 23.2 Å². The van der Waals surface area contributed by atoms with Gasteiger partial charge < -0.3 is 0 Å². The summed E-state index contributed by atoms with van der Waals surface area (Å²) in [5.41, 5.74) is 2.55. The molecular weight excluding hydrogens is 294 g/mol. The van der Waals surface area contributed by atoms with Crippen LogP contribution in [-0.2, 0) is 6.42 Å². The van der Waals surface area contributed by atoms with Gasteiger partial charge in [0.1, 0.15) is 5.82 Å². The second kappa shape index (κ2) is 6.60. The van der Waals surface area contributed by atoms with Crippen molar-refractivity contribution in [3.05, 3.63) is 70.0 Å². The lowest BCUT2D eigenvalue weighted by molar-refractivity contribution is 0.613. The molecule has 1 atom stereocenters. The van der Waals surface area contributed by atoms with Crippen LogP contribution in [-0.4, -0.2) is 0 Å². The molecule has 2 rings (SSSR count). The van der Waals surface area contributed by atoms with Crippen LogP contribution in [0.4, 0.5) is 4.39 Å². The van der Waals surface area contributed by atoms with Crippen LogP contribution in [0.1, 0.15) is 35.9 Å². The molecule has 20 heavy (non-hydrogen) atoms. The molecule has 3 heteroatoms. The zero-order chi connectivity index (χ0) is 14.7. The molecule has 0 nitrogen and oxygen atoms in total. The highest BCUT2D eigenvalue weighted by Gasteiger charge is 2.17. The summed E-state index contributed by atoms with van der Waals surface area (Å²) in [6, 6.07) is 12.9. The van der Waals surface area contributed by atoms with E-state index in [-0.39, 0.29) is 5.02 Å². The van der Waals surface area contributed by atoms with Gasteiger partial charge in [0.25, 0.3) is 0 Å². The lowest BCUT2D eigenvalue weighted by atomic mass is 9.99. The Hall–Kier alpha value is -1.05. The summed E-state index contributed by atoms with van der Waals surface area (Å²) in [6.45, 7) is 4.36. The standard InChI is InChI=1S/C17H17Cl2F/c1-11(2)10-12-6-8-13(9-7-12)16(19)14-4-3-5-15(18)17(14)20/h3-9,11,16H,10H2,1-2H3. The van der Waals surface area contributed by atoms with Gasteiger partial charge in [-0.2, -0.15) is 0 Å². The van der Waals surface area contributed by atoms with Crippen molar-refractivity contribution in [2.24, 2.45) is 5.92 Å². The minimum atomic E-state index is -0.526. The van der Waals surface area contributed by atoms with Crippen molar-refractivity contribution in [1.29, 1.82) is 0 Å². The molecule has 106 valence electrons. The minimum absolute atomic E-state index is 0.101. The van der Waals surface area contributed by atoms with E-state index in [1.165, 1.54) is 11.6 Å². The van der Waals surface area contributed by atoms with Crippen molar-refractivity contribution in [2.45, 2.75) is 25.6 Å². The van der Waals surface area contributed by atoms with Gasteiger partial charge in [-0.15, -0.1) is 11.6 Å². The maximum atomic E-state index is 14.0. The van der Waals surface area contributed by atoms with Crippen LogP contribution in [0.2, 0.25) is 5.02 Å². The molecular formula is C17H17Cl2F. The fourth-order valence-corrected chi connectivity index (χ4v) is 2.69. The first-order chi connectivity index (χ1) is 9.49. The molecule has 0 saturated heterocycles. The molecule has 0 heterocycles. The Balaban J connectivity index is 2.25. The summed E-state index contributed by atoms with van der Waals surface area (Å²) >= 11 is 12.2. The van der Waals surface area contributed by atoms with E-state index in [0.29, 0.717) is 11.5 Å². The van der Waals surface area contributed by atoms with Crippen LogP contribution in [0.25, 0.3) is 0 Å². The predicted octanol–water partition coefficient (Wildman–Crippen LogP) is 6.01. The van der Waals surface area contributed by atoms with Crippen molar-refractivity contribution in [3.8, 4) is 0 Å². The van der Waals surface area contributed by atoms with Gasteiger partial charge in [-0.1, -0.05) is 61.8 Å². The molecule has 0 spiro atoms. The van der Waals surface area contributed by atoms with Crippen molar-refractivity contribution in [2.75, 3.05) is 0 Å². The normalized spacial score (nSPS) is 12.7. The third kappa shape index (κ3) is 3.53. The summed E-state index contributed by atoms with van der Waals surface area (Å²) in [5, 5.41) is -0.425. The smallest absolute Gasteiger partial charge is 0.146 e. The van der Waals surface area contributed by atoms with Crippen LogP contribution in [0.3, 0.4) is 0 Å². The van der Waals surface area contributed by atoms with Gasteiger partial charge in [0, 0.05) is 5.56 Å². The molecule has 0 radical (unpaired) electrons. The van der Waals surface area contributed by atoms with Crippen LogP contribution in [0.5, 0.6) is 0 Å². The molecule has 2 aromatic rings. The largest absolute Gasteiger partial charge is 0.205 e. The Labute approximate surface area is 129 Å². The molecule has 0 fully saturated rings. The van der Waals surface area contributed by atoms with Crippen molar-refractivity contribution in [1.82, 2.24) is 0 Å². The van der Waals surface area contributed by atoms with Crippen LogP contribution >= 0.6 is 23.2 Å². The van der Waals surface area contributed by atoms with Gasteiger partial charge in [0.05, 0.1) is 10.4 Å². The molecule has 0 saturated carbocycles. The summed E-state index contributed by atoms with van der Waals surface area (Å²) < 4.78 is 14.0. The van der Waals surface area contributed by atoms with E-state index >= 15 is 0 Å². The summed E-state index contributed by atoms with van der Waals surface area (Å²) in [4.78, 5) is 0. The zero-order valence-electron chi connectivity index (χ0n) is 11.5. The van der Waals surface area contributed by atoms with Gasteiger partial charge in [0.15, 0.2) is 0 Å². The highest BCUT2D eigenvalue weighted by atomic mass is 35.5.